The van der Waals surface area contributed by atoms with Crippen molar-refractivity contribution in [1.82, 2.24) is 5.32 Å². The van der Waals surface area contributed by atoms with Crippen LogP contribution in [0, 0.1) is 19.7 Å². The SMILES string of the molecule is CCN1c2cc(F)c(/C=C3/C(=O)NC(=O)N(c4ccc(C)c(C)c4)C3=O)cc2C(C)=CC1(C)C. The van der Waals surface area contributed by atoms with E-state index in [2.05, 4.69) is 30.1 Å². The van der Waals surface area contributed by atoms with E-state index in [-0.39, 0.29) is 16.7 Å². The quantitative estimate of drug-likeness (QED) is 0.508. The number of nitrogens with zero attached hydrogens (tertiary/aromatic N) is 2. The molecule has 2 aliphatic heterocycles. The Bertz CT molecular complexity index is 1310. The molecule has 1 fully saturated rings. The number of carbonyl (C=O) groups excluding carboxylic acids is 3. The van der Waals surface area contributed by atoms with Crippen LogP contribution in [0.5, 0.6) is 0 Å². The molecule has 4 amide bonds. The van der Waals surface area contributed by atoms with Crippen molar-refractivity contribution in [3.63, 3.8) is 0 Å². The van der Waals surface area contributed by atoms with Crippen molar-refractivity contribution in [3.8, 4) is 0 Å². The number of carbonyl (C=O) groups is 3. The predicted octanol–water partition coefficient (Wildman–Crippen LogP) is 5.13. The molecule has 2 aromatic rings. The molecule has 1 saturated heterocycles. The second-order valence-electron chi connectivity index (χ2n) is 9.34. The molecule has 0 unspecified atom stereocenters. The molecule has 176 valence electrons. The molecule has 2 aromatic carbocycles. The lowest BCUT2D eigenvalue weighted by molar-refractivity contribution is -0.122. The molecule has 2 heterocycles. The largest absolute Gasteiger partial charge is 0.363 e. The van der Waals surface area contributed by atoms with Gasteiger partial charge in [0.2, 0.25) is 0 Å². The van der Waals surface area contributed by atoms with Gasteiger partial charge in [0.05, 0.1) is 11.2 Å². The van der Waals surface area contributed by atoms with E-state index in [0.717, 1.165) is 32.9 Å². The van der Waals surface area contributed by atoms with Gasteiger partial charge in [0.15, 0.2) is 0 Å². The van der Waals surface area contributed by atoms with E-state index >= 15 is 4.39 Å². The third-order valence-electron chi connectivity index (χ3n) is 6.56. The van der Waals surface area contributed by atoms with Crippen molar-refractivity contribution in [3.05, 3.63) is 70.1 Å². The number of anilines is 2. The van der Waals surface area contributed by atoms with Crippen LogP contribution in [0.15, 0.2) is 42.0 Å². The van der Waals surface area contributed by atoms with E-state index in [1.165, 1.54) is 12.1 Å². The van der Waals surface area contributed by atoms with Crippen LogP contribution in [0.25, 0.3) is 11.6 Å². The Hall–Kier alpha value is -3.74. The molecule has 4 rings (SSSR count). The zero-order valence-electron chi connectivity index (χ0n) is 20.2. The van der Waals surface area contributed by atoms with Crippen molar-refractivity contribution in [2.45, 2.75) is 47.1 Å². The van der Waals surface area contributed by atoms with Crippen LogP contribution < -0.4 is 15.1 Å². The van der Waals surface area contributed by atoms with Crippen molar-refractivity contribution in [2.24, 2.45) is 0 Å². The summed E-state index contributed by atoms with van der Waals surface area (Å²) in [4.78, 5) is 41.3. The van der Waals surface area contributed by atoms with Gasteiger partial charge >= 0.3 is 6.03 Å². The summed E-state index contributed by atoms with van der Waals surface area (Å²) in [5.41, 5.74) is 4.35. The lowest BCUT2D eigenvalue weighted by atomic mass is 9.87. The highest BCUT2D eigenvalue weighted by Crippen LogP contribution is 2.40. The maximum Gasteiger partial charge on any atom is 0.335 e. The fraction of sp³-hybridized carbons (Fsp3) is 0.296. The first kappa shape index (κ1) is 23.4. The van der Waals surface area contributed by atoms with Crippen molar-refractivity contribution >= 4 is 40.9 Å². The van der Waals surface area contributed by atoms with E-state index < -0.39 is 23.7 Å². The first-order chi connectivity index (χ1) is 15.9. The summed E-state index contributed by atoms with van der Waals surface area (Å²) >= 11 is 0. The van der Waals surface area contributed by atoms with Crippen LogP contribution in [-0.2, 0) is 9.59 Å². The van der Waals surface area contributed by atoms with E-state index in [1.807, 2.05) is 27.7 Å². The minimum absolute atomic E-state index is 0.107. The summed E-state index contributed by atoms with van der Waals surface area (Å²) in [6.45, 7) is 12.6. The van der Waals surface area contributed by atoms with Gasteiger partial charge in [0.1, 0.15) is 11.4 Å². The van der Waals surface area contributed by atoms with Gasteiger partial charge in [0, 0.05) is 23.4 Å². The summed E-state index contributed by atoms with van der Waals surface area (Å²) in [7, 11) is 0. The summed E-state index contributed by atoms with van der Waals surface area (Å²) < 4.78 is 15.3. The van der Waals surface area contributed by atoms with E-state index in [1.54, 1.807) is 24.3 Å². The van der Waals surface area contributed by atoms with Gasteiger partial charge in [-0.05, 0) is 88.6 Å². The molecule has 34 heavy (non-hydrogen) atoms. The first-order valence-electron chi connectivity index (χ1n) is 11.2. The van der Waals surface area contributed by atoms with Gasteiger partial charge in [0.25, 0.3) is 11.8 Å². The van der Waals surface area contributed by atoms with Gasteiger partial charge in [-0.2, -0.15) is 0 Å². The zero-order valence-corrected chi connectivity index (χ0v) is 20.2. The van der Waals surface area contributed by atoms with Gasteiger partial charge in [-0.1, -0.05) is 12.1 Å². The number of aryl methyl sites for hydroxylation is 2. The number of allylic oxidation sites excluding steroid dienone is 1. The van der Waals surface area contributed by atoms with Crippen molar-refractivity contribution < 1.29 is 18.8 Å². The van der Waals surface area contributed by atoms with Gasteiger partial charge in [-0.15, -0.1) is 0 Å². The number of barbiturate groups is 1. The molecule has 0 atom stereocenters. The van der Waals surface area contributed by atoms with Gasteiger partial charge in [-0.25, -0.2) is 14.1 Å². The second kappa shape index (κ2) is 8.24. The van der Waals surface area contributed by atoms with E-state index in [9.17, 15) is 14.4 Å². The topological polar surface area (TPSA) is 69.7 Å². The number of amides is 4. The zero-order chi connectivity index (χ0) is 24.9. The number of urea groups is 1. The Morgan fingerprint density at radius 2 is 1.74 bits per heavy atom. The molecule has 6 nitrogen and oxygen atoms in total. The fourth-order valence-electron chi connectivity index (χ4n) is 4.72. The molecule has 0 radical (unpaired) electrons. The molecule has 0 bridgehead atoms. The lowest BCUT2D eigenvalue weighted by Crippen LogP contribution is -2.54. The number of nitrogens with one attached hydrogen (secondary N) is 1. The number of halogens is 1. The number of hydrogen-bond donors (Lipinski definition) is 1. The minimum Gasteiger partial charge on any atom is -0.363 e. The Labute approximate surface area is 198 Å². The van der Waals surface area contributed by atoms with Gasteiger partial charge in [-0.3, -0.25) is 14.9 Å². The van der Waals surface area contributed by atoms with Crippen LogP contribution >= 0.6 is 0 Å². The molecular formula is C27H28FN3O3. The normalized spacial score (nSPS) is 18.7. The fourth-order valence-corrected chi connectivity index (χ4v) is 4.72. The van der Waals surface area contributed by atoms with Crippen molar-refractivity contribution in [2.75, 3.05) is 16.3 Å². The average Bonchev–Trinajstić information content (AvgIpc) is 2.73. The first-order valence-corrected chi connectivity index (χ1v) is 11.2. The maximum absolute atomic E-state index is 15.3. The highest BCUT2D eigenvalue weighted by Gasteiger charge is 2.37. The van der Waals surface area contributed by atoms with E-state index in [0.29, 0.717) is 12.2 Å². The molecule has 0 saturated carbocycles. The predicted molar refractivity (Wildman–Crippen MR) is 132 cm³/mol. The average molecular weight is 462 g/mol. The number of benzene rings is 2. The Balaban J connectivity index is 1.80. The summed E-state index contributed by atoms with van der Waals surface area (Å²) in [5, 5.41) is 2.20. The number of likely N-dealkylation sites (N-methyl/N-ethyl adjacent to an activating group) is 1. The summed E-state index contributed by atoms with van der Waals surface area (Å²) in [6, 6.07) is 7.40. The molecule has 2 aliphatic rings. The summed E-state index contributed by atoms with van der Waals surface area (Å²) in [5.74, 6) is -2.20. The van der Waals surface area contributed by atoms with Crippen LogP contribution in [0.3, 0.4) is 0 Å². The molecule has 0 spiro atoms. The van der Waals surface area contributed by atoms with E-state index in [4.69, 9.17) is 0 Å². The summed E-state index contributed by atoms with van der Waals surface area (Å²) in [6.07, 6.45) is 3.34. The highest BCUT2D eigenvalue weighted by atomic mass is 19.1. The van der Waals surface area contributed by atoms with Crippen LogP contribution in [0.2, 0.25) is 0 Å². The van der Waals surface area contributed by atoms with Gasteiger partial charge < -0.3 is 4.90 Å². The number of rotatable bonds is 3. The smallest absolute Gasteiger partial charge is 0.335 e. The van der Waals surface area contributed by atoms with Crippen LogP contribution in [-0.4, -0.2) is 29.9 Å². The molecule has 1 N–H and O–H groups in total. The number of fused-ring (bicyclic) bond motifs is 1. The highest BCUT2D eigenvalue weighted by molar-refractivity contribution is 6.39. The molecule has 0 aliphatic carbocycles. The van der Waals surface area contributed by atoms with Crippen LogP contribution in [0.4, 0.5) is 20.6 Å². The Morgan fingerprint density at radius 3 is 2.38 bits per heavy atom. The Morgan fingerprint density at radius 1 is 1.03 bits per heavy atom. The molecular weight excluding hydrogens is 433 g/mol. The molecule has 7 heteroatoms. The molecule has 0 aromatic heterocycles. The number of hydrogen-bond acceptors (Lipinski definition) is 4. The third-order valence-corrected chi connectivity index (χ3v) is 6.56. The number of imide groups is 2. The van der Waals surface area contributed by atoms with Crippen molar-refractivity contribution in [1.29, 1.82) is 0 Å². The minimum atomic E-state index is -0.851. The standard InChI is InChI=1S/C27H28FN3O3/c1-7-30-23-13-22(28)18(11-20(23)17(4)14-27(30,5)6)12-21-24(32)29-26(34)31(25(21)33)19-9-8-15(2)16(3)10-19/h8-14H,7H2,1-6H3,(H,29,32,34)/b21-12-. The second-order valence-corrected chi connectivity index (χ2v) is 9.34. The maximum atomic E-state index is 15.3. The third kappa shape index (κ3) is 3.81. The monoisotopic (exact) mass is 461 g/mol. The lowest BCUT2D eigenvalue weighted by Gasteiger charge is -2.43. The Kier molecular flexibility index (Phi) is 5.67. The van der Waals surface area contributed by atoms with Crippen LogP contribution in [0.1, 0.15) is 49.9 Å².